The molecule has 1 amide bonds. The fraction of sp³-hybridized carbons (Fsp3) is 0.562. The van der Waals surface area contributed by atoms with Crippen LogP contribution in [0, 0.1) is 0 Å². The van der Waals surface area contributed by atoms with Crippen molar-refractivity contribution in [3.63, 3.8) is 0 Å². The first-order valence-electron chi connectivity index (χ1n) is 7.37. The van der Waals surface area contributed by atoms with Gasteiger partial charge in [0.15, 0.2) is 0 Å². The third kappa shape index (κ3) is 4.35. The number of hydrogen-bond acceptors (Lipinski definition) is 2. The zero-order valence-corrected chi connectivity index (χ0v) is 11.7. The third-order valence-electron chi connectivity index (χ3n) is 3.79. The lowest BCUT2D eigenvalue weighted by atomic mass is 10.0. The Morgan fingerprint density at radius 2 is 2.16 bits per heavy atom. The van der Waals surface area contributed by atoms with Gasteiger partial charge in [-0.1, -0.05) is 43.7 Å². The highest BCUT2D eigenvalue weighted by molar-refractivity contribution is 5.82. The molecule has 0 spiro atoms. The maximum atomic E-state index is 12.2. The van der Waals surface area contributed by atoms with Crippen molar-refractivity contribution >= 4 is 5.91 Å². The van der Waals surface area contributed by atoms with Crippen LogP contribution >= 0.6 is 0 Å². The topological polar surface area (TPSA) is 41.1 Å². The Hall–Kier alpha value is -1.35. The average molecular weight is 260 g/mol. The van der Waals surface area contributed by atoms with Gasteiger partial charge in [0, 0.05) is 6.04 Å². The van der Waals surface area contributed by atoms with Gasteiger partial charge in [-0.2, -0.15) is 0 Å². The highest BCUT2D eigenvalue weighted by atomic mass is 16.2. The van der Waals surface area contributed by atoms with Crippen LogP contribution in [0.15, 0.2) is 30.3 Å². The quantitative estimate of drug-likeness (QED) is 0.852. The lowest BCUT2D eigenvalue weighted by molar-refractivity contribution is -0.124. The number of benzene rings is 1. The zero-order chi connectivity index (χ0) is 13.5. The molecular weight excluding hydrogens is 236 g/mol. The zero-order valence-electron chi connectivity index (χ0n) is 11.7. The summed E-state index contributed by atoms with van der Waals surface area (Å²) in [6, 6.07) is 10.6. The normalized spacial score (nSPS) is 20.8. The van der Waals surface area contributed by atoms with E-state index in [0.29, 0.717) is 0 Å². The summed E-state index contributed by atoms with van der Waals surface area (Å²) >= 11 is 0. The summed E-state index contributed by atoms with van der Waals surface area (Å²) in [6.45, 7) is 3.09. The van der Waals surface area contributed by atoms with E-state index in [4.69, 9.17) is 0 Å². The third-order valence-corrected chi connectivity index (χ3v) is 3.79. The number of piperidine rings is 1. The van der Waals surface area contributed by atoms with Crippen molar-refractivity contribution in [3.8, 4) is 0 Å². The van der Waals surface area contributed by atoms with Gasteiger partial charge in [-0.15, -0.1) is 0 Å². The lowest BCUT2D eigenvalue weighted by Crippen LogP contribution is -2.49. The maximum Gasteiger partial charge on any atom is 0.237 e. The molecule has 1 saturated heterocycles. The second-order valence-electron chi connectivity index (χ2n) is 5.31. The number of rotatable bonds is 5. The standard InChI is InChI=1S/C16H24N2O/c1-2-14(12-13-8-4-3-5-9-13)18-16(19)15-10-6-7-11-17-15/h3-5,8-9,14-15,17H,2,6-7,10-12H2,1H3,(H,18,19). The molecule has 3 nitrogen and oxygen atoms in total. The van der Waals surface area contributed by atoms with Crippen LogP contribution < -0.4 is 10.6 Å². The van der Waals surface area contributed by atoms with Crippen LogP contribution in [0.25, 0.3) is 0 Å². The SMILES string of the molecule is CCC(Cc1ccccc1)NC(=O)C1CCCCN1. The van der Waals surface area contributed by atoms with Gasteiger partial charge in [0.1, 0.15) is 0 Å². The van der Waals surface area contributed by atoms with Crippen molar-refractivity contribution < 1.29 is 4.79 Å². The van der Waals surface area contributed by atoms with Crippen molar-refractivity contribution in [2.75, 3.05) is 6.54 Å². The van der Waals surface area contributed by atoms with Crippen LogP contribution in [0.4, 0.5) is 0 Å². The van der Waals surface area contributed by atoms with E-state index in [1.54, 1.807) is 0 Å². The lowest BCUT2D eigenvalue weighted by Gasteiger charge is -2.25. The van der Waals surface area contributed by atoms with E-state index < -0.39 is 0 Å². The van der Waals surface area contributed by atoms with E-state index in [0.717, 1.165) is 32.2 Å². The summed E-state index contributed by atoms with van der Waals surface area (Å²) in [4.78, 5) is 12.2. The highest BCUT2D eigenvalue weighted by Gasteiger charge is 2.22. The smallest absolute Gasteiger partial charge is 0.237 e. The number of nitrogens with one attached hydrogen (secondary N) is 2. The molecule has 0 saturated carbocycles. The van der Waals surface area contributed by atoms with Crippen molar-refractivity contribution in [3.05, 3.63) is 35.9 Å². The van der Waals surface area contributed by atoms with E-state index in [1.807, 2.05) is 18.2 Å². The average Bonchev–Trinajstić information content (AvgIpc) is 2.48. The van der Waals surface area contributed by atoms with E-state index in [-0.39, 0.29) is 18.0 Å². The van der Waals surface area contributed by atoms with Gasteiger partial charge in [-0.3, -0.25) is 4.79 Å². The van der Waals surface area contributed by atoms with E-state index >= 15 is 0 Å². The molecule has 2 unspecified atom stereocenters. The largest absolute Gasteiger partial charge is 0.352 e. The molecule has 0 radical (unpaired) electrons. The highest BCUT2D eigenvalue weighted by Crippen LogP contribution is 2.09. The Kier molecular flexibility index (Phi) is 5.40. The van der Waals surface area contributed by atoms with E-state index in [1.165, 1.54) is 12.0 Å². The molecular formula is C16H24N2O. The Labute approximate surface area is 115 Å². The Morgan fingerprint density at radius 1 is 1.37 bits per heavy atom. The van der Waals surface area contributed by atoms with Crippen LogP contribution in [-0.2, 0) is 11.2 Å². The summed E-state index contributed by atoms with van der Waals surface area (Å²) in [5, 5.41) is 6.48. The maximum absolute atomic E-state index is 12.2. The summed E-state index contributed by atoms with van der Waals surface area (Å²) in [5.74, 6) is 0.169. The fourth-order valence-corrected chi connectivity index (χ4v) is 2.57. The summed E-state index contributed by atoms with van der Waals surface area (Å²) in [7, 11) is 0. The first kappa shape index (κ1) is 14.1. The number of carbonyl (C=O) groups excluding carboxylic acids is 1. The predicted molar refractivity (Wildman–Crippen MR) is 78.0 cm³/mol. The molecule has 3 heteroatoms. The fourth-order valence-electron chi connectivity index (χ4n) is 2.57. The van der Waals surface area contributed by atoms with Gasteiger partial charge in [0.2, 0.25) is 5.91 Å². The van der Waals surface area contributed by atoms with E-state index in [9.17, 15) is 4.79 Å². The minimum Gasteiger partial charge on any atom is -0.352 e. The van der Waals surface area contributed by atoms with Crippen LogP contribution in [0.5, 0.6) is 0 Å². The first-order chi connectivity index (χ1) is 9.29. The van der Waals surface area contributed by atoms with Crippen LogP contribution in [-0.4, -0.2) is 24.5 Å². The van der Waals surface area contributed by atoms with Crippen LogP contribution in [0.3, 0.4) is 0 Å². The Morgan fingerprint density at radius 3 is 2.79 bits per heavy atom. The predicted octanol–water partition coefficient (Wildman–Crippen LogP) is 2.27. The van der Waals surface area contributed by atoms with Crippen molar-refractivity contribution in [2.24, 2.45) is 0 Å². The monoisotopic (exact) mass is 260 g/mol. The van der Waals surface area contributed by atoms with Crippen molar-refractivity contribution in [1.82, 2.24) is 10.6 Å². The molecule has 0 aromatic heterocycles. The van der Waals surface area contributed by atoms with Gasteiger partial charge >= 0.3 is 0 Å². The molecule has 2 N–H and O–H groups in total. The van der Waals surface area contributed by atoms with E-state index in [2.05, 4.69) is 29.7 Å². The molecule has 0 bridgehead atoms. The minimum absolute atomic E-state index is 0.0126. The van der Waals surface area contributed by atoms with Gasteiger partial charge in [0.25, 0.3) is 0 Å². The Bertz CT molecular complexity index is 385. The summed E-state index contributed by atoms with van der Waals surface area (Å²) in [6.07, 6.45) is 5.18. The molecule has 1 aromatic rings. The number of hydrogen-bond donors (Lipinski definition) is 2. The molecule has 104 valence electrons. The van der Waals surface area contributed by atoms with Crippen LogP contribution in [0.2, 0.25) is 0 Å². The molecule has 1 aliphatic heterocycles. The molecule has 1 fully saturated rings. The molecule has 2 rings (SSSR count). The molecule has 1 heterocycles. The number of carbonyl (C=O) groups is 1. The molecule has 0 aliphatic carbocycles. The summed E-state index contributed by atoms with van der Waals surface area (Å²) in [5.41, 5.74) is 1.28. The van der Waals surface area contributed by atoms with Crippen LogP contribution in [0.1, 0.15) is 38.2 Å². The van der Waals surface area contributed by atoms with Gasteiger partial charge in [-0.25, -0.2) is 0 Å². The second-order valence-corrected chi connectivity index (χ2v) is 5.31. The minimum atomic E-state index is 0.0126. The molecule has 19 heavy (non-hydrogen) atoms. The first-order valence-corrected chi connectivity index (χ1v) is 7.37. The number of amides is 1. The second kappa shape index (κ2) is 7.29. The van der Waals surface area contributed by atoms with Crippen molar-refractivity contribution in [2.45, 2.75) is 51.1 Å². The van der Waals surface area contributed by atoms with Gasteiger partial charge < -0.3 is 10.6 Å². The summed E-state index contributed by atoms with van der Waals surface area (Å²) < 4.78 is 0. The molecule has 2 atom stereocenters. The van der Waals surface area contributed by atoms with Crippen molar-refractivity contribution in [1.29, 1.82) is 0 Å². The van der Waals surface area contributed by atoms with Gasteiger partial charge in [-0.05, 0) is 37.8 Å². The molecule has 1 aromatic carbocycles. The molecule has 1 aliphatic rings. The van der Waals surface area contributed by atoms with Gasteiger partial charge in [0.05, 0.1) is 6.04 Å². The Balaban J connectivity index is 1.86.